The molecule has 0 fully saturated rings. The Bertz CT molecular complexity index is 1160. The number of phenolic OH excluding ortho intramolecular Hbond substituents is 3. The molecule has 0 heterocycles. The van der Waals surface area contributed by atoms with Gasteiger partial charge in [-0.05, 0) is 36.4 Å². The maximum absolute atomic E-state index is 10.6. The van der Waals surface area contributed by atoms with Gasteiger partial charge in [-0.3, -0.25) is 0 Å². The number of benzene rings is 3. The van der Waals surface area contributed by atoms with E-state index >= 15 is 0 Å². The molecule has 0 atom stereocenters. The topological polar surface area (TPSA) is 284 Å². The van der Waals surface area contributed by atoms with Gasteiger partial charge in [0.25, 0.3) is 0 Å². The van der Waals surface area contributed by atoms with Crippen LogP contribution in [0.5, 0.6) is 17.2 Å². The number of aromatic hydroxyl groups is 3. The molecule has 0 aliphatic carbocycles. The Kier molecular flexibility index (Phi) is 10.5. The molecule has 15 heteroatoms. The summed E-state index contributed by atoms with van der Waals surface area (Å²) in [6.45, 7) is 0. The second-order valence-corrected chi connectivity index (χ2v) is 7.14. The quantitative estimate of drug-likeness (QED) is 0.214. The van der Waals surface area contributed by atoms with E-state index in [1.807, 2.05) is 0 Å². The van der Waals surface area contributed by atoms with Crippen LogP contribution in [-0.4, -0.2) is 81.8 Å². The second-order valence-electron chi connectivity index (χ2n) is 7.14. The highest BCUT2D eigenvalue weighted by molar-refractivity contribution is 5.99. The third-order valence-corrected chi connectivity index (χ3v) is 4.24. The lowest BCUT2D eigenvalue weighted by molar-refractivity contribution is 0.0666. The molecule has 0 bridgehead atoms. The van der Waals surface area contributed by atoms with Crippen LogP contribution in [0.4, 0.5) is 0 Å². The van der Waals surface area contributed by atoms with Crippen LogP contribution in [-0.2, 0) is 0 Å². The zero-order chi connectivity index (χ0) is 30.0. The fourth-order valence-corrected chi connectivity index (χ4v) is 2.58. The largest absolute Gasteiger partial charge is 0.508 e. The summed E-state index contributed by atoms with van der Waals surface area (Å²) in [6, 6.07) is 8.82. The standard InChI is InChI=1S/2C9H6O6.C6H6O3/c2*10-7(11)4-1-5(8(12)13)3-6(2-4)9(14)15;7-4-1-5(8)3-6(9)2-4/h2*1-3H,(H,10,11)(H,12,13)(H,14,15);1-3,7-9H. The van der Waals surface area contributed by atoms with E-state index in [0.717, 1.165) is 54.6 Å². The van der Waals surface area contributed by atoms with Crippen LogP contribution in [0.1, 0.15) is 62.1 Å². The lowest BCUT2D eigenvalue weighted by atomic mass is 10.1. The molecular weight excluding hydrogens is 528 g/mol. The number of hydrogen-bond donors (Lipinski definition) is 9. The first-order valence-electron chi connectivity index (χ1n) is 9.93. The first kappa shape index (κ1) is 30.9. The van der Waals surface area contributed by atoms with Gasteiger partial charge in [0.05, 0.1) is 33.4 Å². The molecule has 0 aliphatic rings. The van der Waals surface area contributed by atoms with Crippen LogP contribution in [0.3, 0.4) is 0 Å². The number of carboxylic acid groups (broad SMARTS) is 6. The molecule has 0 spiro atoms. The van der Waals surface area contributed by atoms with Crippen molar-refractivity contribution in [3.63, 3.8) is 0 Å². The van der Waals surface area contributed by atoms with Crippen molar-refractivity contribution in [3.8, 4) is 17.2 Å². The summed E-state index contributed by atoms with van der Waals surface area (Å²) in [4.78, 5) is 63.4. The molecule has 3 aromatic carbocycles. The van der Waals surface area contributed by atoms with Crippen molar-refractivity contribution in [2.75, 3.05) is 0 Å². The molecule has 0 unspecified atom stereocenters. The van der Waals surface area contributed by atoms with E-state index in [1.165, 1.54) is 0 Å². The number of hydrogen-bond acceptors (Lipinski definition) is 9. The molecule has 9 N–H and O–H groups in total. The van der Waals surface area contributed by atoms with E-state index in [9.17, 15) is 28.8 Å². The molecule has 0 saturated carbocycles. The van der Waals surface area contributed by atoms with Crippen molar-refractivity contribution in [3.05, 3.63) is 88.0 Å². The van der Waals surface area contributed by atoms with Gasteiger partial charge in [-0.2, -0.15) is 0 Å². The Morgan fingerprint density at radius 2 is 0.436 bits per heavy atom. The molecule has 0 amide bonds. The Morgan fingerprint density at radius 1 is 0.308 bits per heavy atom. The molecule has 3 aromatic rings. The highest BCUT2D eigenvalue weighted by Gasteiger charge is 2.15. The maximum atomic E-state index is 10.6. The highest BCUT2D eigenvalue weighted by atomic mass is 16.4. The van der Waals surface area contributed by atoms with Crippen molar-refractivity contribution >= 4 is 35.8 Å². The van der Waals surface area contributed by atoms with Crippen LogP contribution >= 0.6 is 0 Å². The molecule has 0 aliphatic heterocycles. The zero-order valence-electron chi connectivity index (χ0n) is 19.2. The van der Waals surface area contributed by atoms with Crippen molar-refractivity contribution in [2.24, 2.45) is 0 Å². The Labute approximate surface area is 216 Å². The molecular formula is C24H18O15. The Balaban J connectivity index is 0.000000302. The molecule has 204 valence electrons. The monoisotopic (exact) mass is 546 g/mol. The molecule has 0 saturated heterocycles. The summed E-state index contributed by atoms with van der Waals surface area (Å²) in [6.07, 6.45) is 0. The highest BCUT2D eigenvalue weighted by Crippen LogP contribution is 2.24. The van der Waals surface area contributed by atoms with Gasteiger partial charge in [-0.1, -0.05) is 0 Å². The van der Waals surface area contributed by atoms with Crippen molar-refractivity contribution in [1.82, 2.24) is 0 Å². The predicted molar refractivity (Wildman–Crippen MR) is 126 cm³/mol. The summed E-state index contributed by atoms with van der Waals surface area (Å²) in [5, 5.41) is 77.7. The lowest BCUT2D eigenvalue weighted by Crippen LogP contribution is -2.07. The summed E-state index contributed by atoms with van der Waals surface area (Å²) in [5.41, 5.74) is -2.21. The van der Waals surface area contributed by atoms with Gasteiger partial charge < -0.3 is 46.0 Å². The normalized spacial score (nSPS) is 9.54. The van der Waals surface area contributed by atoms with Crippen LogP contribution in [0.2, 0.25) is 0 Å². The smallest absolute Gasteiger partial charge is 0.335 e. The van der Waals surface area contributed by atoms with Crippen LogP contribution in [0.25, 0.3) is 0 Å². The Morgan fingerprint density at radius 3 is 0.538 bits per heavy atom. The summed E-state index contributed by atoms with van der Waals surface area (Å²) < 4.78 is 0. The minimum atomic E-state index is -1.37. The van der Waals surface area contributed by atoms with Gasteiger partial charge >= 0.3 is 35.8 Å². The predicted octanol–water partition coefficient (Wildman–Crippen LogP) is 2.37. The van der Waals surface area contributed by atoms with Gasteiger partial charge in [0.15, 0.2) is 0 Å². The average molecular weight is 546 g/mol. The second kappa shape index (κ2) is 13.3. The number of carbonyl (C=O) groups is 6. The molecule has 15 nitrogen and oxygen atoms in total. The van der Waals surface area contributed by atoms with E-state index < -0.39 is 35.8 Å². The number of aromatic carboxylic acids is 6. The van der Waals surface area contributed by atoms with Gasteiger partial charge in [0.1, 0.15) is 17.2 Å². The summed E-state index contributed by atoms with van der Waals surface area (Å²) >= 11 is 0. The number of carboxylic acids is 6. The third kappa shape index (κ3) is 9.80. The van der Waals surface area contributed by atoms with Gasteiger partial charge in [-0.25, -0.2) is 28.8 Å². The van der Waals surface area contributed by atoms with E-state index in [1.54, 1.807) is 0 Å². The van der Waals surface area contributed by atoms with Crippen LogP contribution in [0, 0.1) is 0 Å². The lowest BCUT2D eigenvalue weighted by Gasteiger charge is -2.00. The van der Waals surface area contributed by atoms with Crippen molar-refractivity contribution in [1.29, 1.82) is 0 Å². The summed E-state index contributed by atoms with van der Waals surface area (Å²) in [7, 11) is 0. The average Bonchev–Trinajstić information content (AvgIpc) is 2.83. The van der Waals surface area contributed by atoms with E-state index in [4.69, 9.17) is 46.0 Å². The minimum Gasteiger partial charge on any atom is -0.508 e. The molecule has 3 rings (SSSR count). The van der Waals surface area contributed by atoms with Gasteiger partial charge in [0.2, 0.25) is 0 Å². The number of rotatable bonds is 6. The minimum absolute atomic E-state index is 0.146. The van der Waals surface area contributed by atoms with Crippen LogP contribution < -0.4 is 0 Å². The molecule has 0 aromatic heterocycles. The molecule has 39 heavy (non-hydrogen) atoms. The van der Waals surface area contributed by atoms with E-state index in [2.05, 4.69) is 0 Å². The maximum Gasteiger partial charge on any atom is 0.335 e. The third-order valence-electron chi connectivity index (χ3n) is 4.24. The zero-order valence-corrected chi connectivity index (χ0v) is 19.2. The van der Waals surface area contributed by atoms with Gasteiger partial charge in [-0.15, -0.1) is 0 Å². The van der Waals surface area contributed by atoms with Crippen LogP contribution in [0.15, 0.2) is 54.6 Å². The summed E-state index contributed by atoms with van der Waals surface area (Å²) in [5.74, 6) is -8.68. The number of phenols is 3. The van der Waals surface area contributed by atoms with E-state index in [-0.39, 0.29) is 50.6 Å². The Hall–Kier alpha value is -6.12. The molecule has 0 radical (unpaired) electrons. The van der Waals surface area contributed by atoms with Crippen molar-refractivity contribution < 1.29 is 74.7 Å². The first-order chi connectivity index (χ1) is 18.0. The van der Waals surface area contributed by atoms with E-state index in [0.29, 0.717) is 0 Å². The first-order valence-corrected chi connectivity index (χ1v) is 9.93. The van der Waals surface area contributed by atoms with Gasteiger partial charge in [0, 0.05) is 18.2 Å². The SMILES string of the molecule is O=C(O)c1cc(C(=O)O)cc(C(=O)O)c1.O=C(O)c1cc(C(=O)O)cc(C(=O)O)c1.Oc1cc(O)cc(O)c1. The van der Waals surface area contributed by atoms with Crippen molar-refractivity contribution in [2.45, 2.75) is 0 Å². The fraction of sp³-hybridized carbons (Fsp3) is 0. The fourth-order valence-electron chi connectivity index (χ4n) is 2.58.